The van der Waals surface area contributed by atoms with Crippen LogP contribution in [0.1, 0.15) is 51.0 Å². The number of cyclic esters (lactones) is 1. The third-order valence-corrected chi connectivity index (χ3v) is 5.91. The van der Waals surface area contributed by atoms with Gasteiger partial charge in [0, 0.05) is 6.42 Å². The largest absolute Gasteiger partial charge is 0.461 e. The lowest BCUT2D eigenvalue weighted by Crippen LogP contribution is -2.47. The predicted octanol–water partition coefficient (Wildman–Crippen LogP) is 2.96. The van der Waals surface area contributed by atoms with E-state index in [4.69, 9.17) is 8.92 Å². The second-order valence-electron chi connectivity index (χ2n) is 6.87. The summed E-state index contributed by atoms with van der Waals surface area (Å²) in [4.78, 5) is 11.6. The highest BCUT2D eigenvalue weighted by Gasteiger charge is 2.42. The third-order valence-electron chi connectivity index (χ3n) is 4.62. The van der Waals surface area contributed by atoms with E-state index in [9.17, 15) is 18.3 Å². The van der Waals surface area contributed by atoms with Crippen molar-refractivity contribution in [1.82, 2.24) is 0 Å². The van der Waals surface area contributed by atoms with Gasteiger partial charge in [0.05, 0.1) is 23.5 Å². The molecule has 2 rings (SSSR count). The van der Waals surface area contributed by atoms with Crippen molar-refractivity contribution in [2.45, 2.75) is 69.5 Å². The van der Waals surface area contributed by atoms with Gasteiger partial charge >= 0.3 is 5.97 Å². The van der Waals surface area contributed by atoms with Crippen molar-refractivity contribution in [2.75, 3.05) is 6.61 Å². The zero-order valence-corrected chi connectivity index (χ0v) is 16.2. The summed E-state index contributed by atoms with van der Waals surface area (Å²) in [6, 6.07) is 6.31. The third kappa shape index (κ3) is 5.79. The molecule has 0 bridgehead atoms. The van der Waals surface area contributed by atoms with Gasteiger partial charge in [0.2, 0.25) is 0 Å². The molecule has 1 heterocycles. The molecule has 26 heavy (non-hydrogen) atoms. The van der Waals surface area contributed by atoms with Crippen LogP contribution in [0.5, 0.6) is 0 Å². The number of esters is 1. The predicted molar refractivity (Wildman–Crippen MR) is 97.1 cm³/mol. The Balaban J connectivity index is 1.78. The Morgan fingerprint density at radius 2 is 1.88 bits per heavy atom. The minimum absolute atomic E-state index is 0.0548. The first-order valence-corrected chi connectivity index (χ1v) is 10.6. The molecule has 0 spiro atoms. The summed E-state index contributed by atoms with van der Waals surface area (Å²) in [5, 5.41) is 10.1. The molecule has 1 saturated heterocycles. The molecule has 6 nitrogen and oxygen atoms in total. The quantitative estimate of drug-likeness (QED) is 0.358. The van der Waals surface area contributed by atoms with E-state index in [1.165, 1.54) is 12.1 Å². The SMILES string of the molecule is CCCCCC[C@@H]1C(=O)O[C@H]1C[C@H](O)COS(=O)(=O)c1ccc(C)cc1. The first kappa shape index (κ1) is 20.9. The lowest BCUT2D eigenvalue weighted by molar-refractivity contribution is -0.189. The molecule has 0 saturated carbocycles. The van der Waals surface area contributed by atoms with Crippen LogP contribution < -0.4 is 0 Å². The Labute approximate surface area is 155 Å². The summed E-state index contributed by atoms with van der Waals surface area (Å²) in [5.41, 5.74) is 0.945. The van der Waals surface area contributed by atoms with Gasteiger partial charge in [0.1, 0.15) is 6.10 Å². The van der Waals surface area contributed by atoms with Gasteiger partial charge in [0.15, 0.2) is 0 Å². The van der Waals surface area contributed by atoms with Crippen LogP contribution >= 0.6 is 0 Å². The van der Waals surface area contributed by atoms with Crippen LogP contribution in [0.25, 0.3) is 0 Å². The number of benzene rings is 1. The maximum Gasteiger partial charge on any atom is 0.313 e. The molecule has 0 unspecified atom stereocenters. The molecular formula is C19H28O6S. The van der Waals surface area contributed by atoms with E-state index in [0.717, 1.165) is 37.7 Å². The van der Waals surface area contributed by atoms with Crippen molar-refractivity contribution in [3.63, 3.8) is 0 Å². The van der Waals surface area contributed by atoms with Crippen LogP contribution in [0.2, 0.25) is 0 Å². The minimum Gasteiger partial charge on any atom is -0.461 e. The smallest absolute Gasteiger partial charge is 0.313 e. The molecule has 0 aromatic heterocycles. The number of unbranched alkanes of at least 4 members (excludes halogenated alkanes) is 3. The van der Waals surface area contributed by atoms with Crippen LogP contribution in [0.3, 0.4) is 0 Å². The van der Waals surface area contributed by atoms with Gasteiger partial charge in [-0.15, -0.1) is 0 Å². The zero-order chi connectivity index (χ0) is 19.2. The monoisotopic (exact) mass is 384 g/mol. The van der Waals surface area contributed by atoms with Gasteiger partial charge < -0.3 is 9.84 Å². The molecule has 0 aliphatic carbocycles. The van der Waals surface area contributed by atoms with Crippen LogP contribution in [-0.4, -0.2) is 38.3 Å². The van der Waals surface area contributed by atoms with Crippen molar-refractivity contribution in [1.29, 1.82) is 0 Å². The topological polar surface area (TPSA) is 89.9 Å². The Kier molecular flexibility index (Phi) is 7.61. The number of hydrogen-bond acceptors (Lipinski definition) is 6. The molecule has 0 amide bonds. The van der Waals surface area contributed by atoms with Gasteiger partial charge in [0.25, 0.3) is 10.1 Å². The average molecular weight is 384 g/mol. The highest BCUT2D eigenvalue weighted by atomic mass is 32.2. The average Bonchev–Trinajstić information content (AvgIpc) is 2.60. The van der Waals surface area contributed by atoms with Crippen molar-refractivity contribution < 1.29 is 27.2 Å². The number of rotatable bonds is 11. The van der Waals surface area contributed by atoms with Gasteiger partial charge in [-0.1, -0.05) is 50.3 Å². The molecule has 146 valence electrons. The Morgan fingerprint density at radius 1 is 1.19 bits per heavy atom. The maximum atomic E-state index is 12.1. The molecule has 1 fully saturated rings. The lowest BCUT2D eigenvalue weighted by atomic mass is 9.87. The highest BCUT2D eigenvalue weighted by Crippen LogP contribution is 2.31. The summed E-state index contributed by atoms with van der Waals surface area (Å²) < 4.78 is 34.3. The van der Waals surface area contributed by atoms with Gasteiger partial charge in [-0.25, -0.2) is 0 Å². The van der Waals surface area contributed by atoms with E-state index >= 15 is 0 Å². The van der Waals surface area contributed by atoms with Crippen molar-refractivity contribution >= 4 is 16.1 Å². The zero-order valence-electron chi connectivity index (χ0n) is 15.4. The van der Waals surface area contributed by atoms with Crippen molar-refractivity contribution in [2.24, 2.45) is 5.92 Å². The molecule has 1 aliphatic rings. The molecular weight excluding hydrogens is 356 g/mol. The van der Waals surface area contributed by atoms with E-state index in [1.54, 1.807) is 12.1 Å². The summed E-state index contributed by atoms with van der Waals surface area (Å²) in [5.74, 6) is -0.429. The Bertz CT molecular complexity index is 682. The molecule has 1 N–H and O–H groups in total. The van der Waals surface area contributed by atoms with E-state index in [1.807, 2.05) is 6.92 Å². The first-order chi connectivity index (χ1) is 12.3. The maximum absolute atomic E-state index is 12.1. The lowest BCUT2D eigenvalue weighted by Gasteiger charge is -2.36. The van der Waals surface area contributed by atoms with Crippen LogP contribution in [0.4, 0.5) is 0 Å². The highest BCUT2D eigenvalue weighted by molar-refractivity contribution is 7.86. The number of carbonyl (C=O) groups is 1. The number of hydrogen-bond donors (Lipinski definition) is 1. The molecule has 1 aromatic carbocycles. The molecule has 7 heteroatoms. The minimum atomic E-state index is -3.91. The molecule has 1 aromatic rings. The van der Waals surface area contributed by atoms with Gasteiger partial charge in [-0.05, 0) is 25.5 Å². The second kappa shape index (κ2) is 9.48. The van der Waals surface area contributed by atoms with E-state index in [2.05, 4.69) is 6.92 Å². The first-order valence-electron chi connectivity index (χ1n) is 9.18. The van der Waals surface area contributed by atoms with Gasteiger partial charge in [-0.3, -0.25) is 8.98 Å². The normalized spacial score (nSPS) is 21.1. The summed E-state index contributed by atoms with van der Waals surface area (Å²) in [6.07, 6.45) is 3.87. The van der Waals surface area contributed by atoms with Crippen LogP contribution in [0.15, 0.2) is 29.2 Å². The van der Waals surface area contributed by atoms with Gasteiger partial charge in [-0.2, -0.15) is 8.42 Å². The molecule has 1 aliphatic heterocycles. The van der Waals surface area contributed by atoms with E-state index < -0.39 is 16.2 Å². The number of carbonyl (C=O) groups excluding carboxylic acids is 1. The Morgan fingerprint density at radius 3 is 2.50 bits per heavy atom. The fourth-order valence-electron chi connectivity index (χ4n) is 2.98. The summed E-state index contributed by atoms with van der Waals surface area (Å²) in [7, 11) is -3.91. The number of aliphatic hydroxyl groups is 1. The van der Waals surface area contributed by atoms with Crippen LogP contribution in [0, 0.1) is 12.8 Å². The Hall–Kier alpha value is -1.44. The molecule has 0 radical (unpaired) electrons. The summed E-state index contributed by atoms with van der Waals surface area (Å²) in [6.45, 7) is 3.63. The van der Waals surface area contributed by atoms with Crippen molar-refractivity contribution in [3.8, 4) is 0 Å². The number of ether oxygens (including phenoxy) is 1. The molecule has 3 atom stereocenters. The number of aliphatic hydroxyl groups excluding tert-OH is 1. The van der Waals surface area contributed by atoms with E-state index in [-0.39, 0.29) is 35.9 Å². The van der Waals surface area contributed by atoms with Crippen molar-refractivity contribution in [3.05, 3.63) is 29.8 Å². The fourth-order valence-corrected chi connectivity index (χ4v) is 3.92. The fraction of sp³-hybridized carbons (Fsp3) is 0.632. The standard InChI is InChI=1S/C19H28O6S/c1-3-4-5-6-7-17-18(25-19(17)21)12-15(20)13-24-26(22,23)16-10-8-14(2)9-11-16/h8-11,15,17-18,20H,3-7,12-13H2,1-2H3/t15-,17-,18-/m0/s1. The second-order valence-corrected chi connectivity index (χ2v) is 8.49. The van der Waals surface area contributed by atoms with E-state index in [0.29, 0.717) is 0 Å². The number of aryl methyl sites for hydroxylation is 1. The summed E-state index contributed by atoms with van der Waals surface area (Å²) >= 11 is 0. The van der Waals surface area contributed by atoms with Crippen LogP contribution in [-0.2, 0) is 23.8 Å².